The van der Waals surface area contributed by atoms with Crippen LogP contribution in [-0.2, 0) is 0 Å². The molecule has 0 aliphatic rings. The van der Waals surface area contributed by atoms with Gasteiger partial charge in [-0.2, -0.15) is 5.10 Å². The zero-order valence-electron chi connectivity index (χ0n) is 14.8. The van der Waals surface area contributed by atoms with Gasteiger partial charge in [0.1, 0.15) is 0 Å². The lowest BCUT2D eigenvalue weighted by Gasteiger charge is -2.05. The summed E-state index contributed by atoms with van der Waals surface area (Å²) in [4.78, 5) is 5.25. The second kappa shape index (κ2) is 7.10. The predicted molar refractivity (Wildman–Crippen MR) is 111 cm³/mol. The fourth-order valence-electron chi connectivity index (χ4n) is 2.97. The lowest BCUT2D eigenvalue weighted by molar-refractivity contribution is 0.848. The van der Waals surface area contributed by atoms with Crippen molar-refractivity contribution >= 4 is 28.3 Å². The number of aryl methyl sites for hydroxylation is 1. The molecule has 0 bridgehead atoms. The number of nitrogens with zero attached hydrogens (tertiary/aromatic N) is 3. The van der Waals surface area contributed by atoms with E-state index in [1.54, 1.807) is 18.4 Å². The summed E-state index contributed by atoms with van der Waals surface area (Å²) in [5, 5.41) is 9.28. The first-order chi connectivity index (χ1) is 12.8. The number of fused-ring (bicyclic) bond motifs is 1. The highest BCUT2D eigenvalue weighted by molar-refractivity contribution is 7.07. The molecule has 0 saturated carbocycles. The monoisotopic (exact) mass is 357 g/mol. The van der Waals surface area contributed by atoms with Crippen molar-refractivity contribution in [3.8, 4) is 11.3 Å². The van der Waals surface area contributed by atoms with Gasteiger partial charge in [0.05, 0.1) is 11.9 Å². The Balaban J connectivity index is 1.82. The Morgan fingerprint density at radius 2 is 1.69 bits per heavy atom. The van der Waals surface area contributed by atoms with Crippen molar-refractivity contribution in [3.63, 3.8) is 0 Å². The maximum absolute atomic E-state index is 4.76. The van der Waals surface area contributed by atoms with Gasteiger partial charge in [-0.15, -0.1) is 11.3 Å². The molecule has 0 N–H and O–H groups in total. The molecule has 4 rings (SSSR count). The Kier molecular flexibility index (Phi) is 4.50. The minimum atomic E-state index is 0.872. The summed E-state index contributed by atoms with van der Waals surface area (Å²) in [6, 6.07) is 23.1. The van der Waals surface area contributed by atoms with E-state index in [9.17, 15) is 0 Å². The smallest absolute Gasteiger partial charge is 0.205 e. The number of rotatable bonds is 3. The molecule has 1 heterocycles. The van der Waals surface area contributed by atoms with E-state index in [0.29, 0.717) is 0 Å². The molecule has 0 unspecified atom stereocenters. The van der Waals surface area contributed by atoms with Crippen molar-refractivity contribution in [1.82, 2.24) is 4.68 Å². The van der Waals surface area contributed by atoms with E-state index < -0.39 is 0 Å². The van der Waals surface area contributed by atoms with Crippen LogP contribution in [0.3, 0.4) is 0 Å². The molecule has 0 saturated heterocycles. The fourth-order valence-corrected chi connectivity index (χ4v) is 3.77. The van der Waals surface area contributed by atoms with Gasteiger partial charge >= 0.3 is 0 Å². The third-order valence-corrected chi connectivity index (χ3v) is 5.27. The molecule has 128 valence electrons. The average Bonchev–Trinajstić information content (AvgIpc) is 3.10. The van der Waals surface area contributed by atoms with Gasteiger partial charge < -0.3 is 0 Å². The second-order valence-corrected chi connectivity index (χ2v) is 6.95. The molecule has 4 aromatic rings. The molecule has 0 amide bonds. The molecule has 1 aromatic heterocycles. The summed E-state index contributed by atoms with van der Waals surface area (Å²) in [5.74, 6) is 0. The summed E-state index contributed by atoms with van der Waals surface area (Å²) < 4.78 is 1.91. The average molecular weight is 357 g/mol. The van der Waals surface area contributed by atoms with E-state index >= 15 is 0 Å². The van der Waals surface area contributed by atoms with Crippen molar-refractivity contribution in [2.24, 2.45) is 10.1 Å². The predicted octanol–water partition coefficient (Wildman–Crippen LogP) is 5.09. The highest BCUT2D eigenvalue weighted by atomic mass is 32.1. The molecular weight excluding hydrogens is 338 g/mol. The van der Waals surface area contributed by atoms with Crippen molar-refractivity contribution < 1.29 is 0 Å². The molecule has 4 heteroatoms. The summed E-state index contributed by atoms with van der Waals surface area (Å²) in [6.07, 6.45) is 1.92. The SMILES string of the molecule is CN=c1scc(-c2ccc(C)cc2)n1N=Cc1cccc2ccccc12. The number of benzene rings is 3. The normalized spacial score (nSPS) is 12.3. The molecule has 0 radical (unpaired) electrons. The fraction of sp³-hybridized carbons (Fsp3) is 0.0909. The van der Waals surface area contributed by atoms with Crippen molar-refractivity contribution in [2.45, 2.75) is 6.92 Å². The van der Waals surface area contributed by atoms with Crippen LogP contribution in [0, 0.1) is 6.92 Å². The second-order valence-electron chi connectivity index (χ2n) is 6.12. The molecule has 0 atom stereocenters. The number of hydrogen-bond donors (Lipinski definition) is 0. The van der Waals surface area contributed by atoms with Crippen LogP contribution in [0.5, 0.6) is 0 Å². The van der Waals surface area contributed by atoms with E-state index in [1.165, 1.54) is 16.3 Å². The zero-order chi connectivity index (χ0) is 17.9. The van der Waals surface area contributed by atoms with Crippen LogP contribution in [-0.4, -0.2) is 17.9 Å². The zero-order valence-corrected chi connectivity index (χ0v) is 15.6. The minimum Gasteiger partial charge on any atom is -0.261 e. The van der Waals surface area contributed by atoms with Gasteiger partial charge in [0, 0.05) is 23.6 Å². The maximum atomic E-state index is 4.76. The summed E-state index contributed by atoms with van der Waals surface area (Å²) in [7, 11) is 1.80. The van der Waals surface area contributed by atoms with Gasteiger partial charge in [-0.25, -0.2) is 4.68 Å². The largest absolute Gasteiger partial charge is 0.261 e. The summed E-state index contributed by atoms with van der Waals surface area (Å²) in [6.45, 7) is 2.09. The van der Waals surface area contributed by atoms with Crippen LogP contribution >= 0.6 is 11.3 Å². The van der Waals surface area contributed by atoms with Gasteiger partial charge in [-0.05, 0) is 17.7 Å². The van der Waals surface area contributed by atoms with Crippen LogP contribution in [0.25, 0.3) is 22.0 Å². The van der Waals surface area contributed by atoms with Crippen LogP contribution in [0.1, 0.15) is 11.1 Å². The minimum absolute atomic E-state index is 0.872. The molecule has 26 heavy (non-hydrogen) atoms. The lowest BCUT2D eigenvalue weighted by atomic mass is 10.1. The first-order valence-electron chi connectivity index (χ1n) is 8.49. The Labute approximate surface area is 156 Å². The van der Waals surface area contributed by atoms with Gasteiger partial charge in [-0.1, -0.05) is 72.3 Å². The number of aromatic nitrogens is 1. The first-order valence-corrected chi connectivity index (χ1v) is 9.37. The Morgan fingerprint density at radius 1 is 0.923 bits per heavy atom. The summed E-state index contributed by atoms with van der Waals surface area (Å²) >= 11 is 1.60. The van der Waals surface area contributed by atoms with Crippen LogP contribution < -0.4 is 4.80 Å². The topological polar surface area (TPSA) is 29.6 Å². The van der Waals surface area contributed by atoms with E-state index in [2.05, 4.69) is 84.0 Å². The Morgan fingerprint density at radius 3 is 2.50 bits per heavy atom. The van der Waals surface area contributed by atoms with Gasteiger partial charge in [0.2, 0.25) is 4.80 Å². The van der Waals surface area contributed by atoms with Gasteiger partial charge in [-0.3, -0.25) is 4.99 Å². The molecule has 3 aromatic carbocycles. The standard InChI is InChI=1S/C22H19N3S/c1-16-10-12-18(13-11-16)21-15-26-22(23-2)25(21)24-14-19-8-5-7-17-6-3-4-9-20(17)19/h3-15H,1-2H3. The van der Waals surface area contributed by atoms with E-state index in [0.717, 1.165) is 21.6 Å². The Hall–Kier alpha value is -2.98. The van der Waals surface area contributed by atoms with Crippen molar-refractivity contribution in [1.29, 1.82) is 0 Å². The van der Waals surface area contributed by atoms with E-state index in [4.69, 9.17) is 5.10 Å². The van der Waals surface area contributed by atoms with Crippen molar-refractivity contribution in [3.05, 3.63) is 88.0 Å². The highest BCUT2D eigenvalue weighted by Gasteiger charge is 2.07. The van der Waals surface area contributed by atoms with Crippen LogP contribution in [0.4, 0.5) is 0 Å². The van der Waals surface area contributed by atoms with E-state index in [-0.39, 0.29) is 0 Å². The van der Waals surface area contributed by atoms with Crippen LogP contribution in [0.15, 0.2) is 82.2 Å². The molecule has 0 fully saturated rings. The third kappa shape index (κ3) is 3.11. The van der Waals surface area contributed by atoms with Gasteiger partial charge in [0.15, 0.2) is 0 Å². The number of thiazole rings is 1. The first kappa shape index (κ1) is 16.5. The third-order valence-electron chi connectivity index (χ3n) is 4.36. The molecular formula is C22H19N3S. The lowest BCUT2D eigenvalue weighted by Crippen LogP contribution is -2.11. The molecule has 0 spiro atoms. The highest BCUT2D eigenvalue weighted by Crippen LogP contribution is 2.21. The molecule has 0 aliphatic carbocycles. The van der Waals surface area contributed by atoms with Gasteiger partial charge in [0.25, 0.3) is 0 Å². The maximum Gasteiger partial charge on any atom is 0.205 e. The van der Waals surface area contributed by atoms with E-state index in [1.807, 2.05) is 10.9 Å². The molecule has 3 nitrogen and oxygen atoms in total. The Bertz CT molecular complexity index is 1140. The van der Waals surface area contributed by atoms with Crippen LogP contribution in [0.2, 0.25) is 0 Å². The van der Waals surface area contributed by atoms with Crippen molar-refractivity contribution in [2.75, 3.05) is 7.05 Å². The molecule has 0 aliphatic heterocycles. The summed E-state index contributed by atoms with van der Waals surface area (Å²) in [5.41, 5.74) is 4.53. The number of hydrogen-bond acceptors (Lipinski definition) is 3. The quantitative estimate of drug-likeness (QED) is 0.457.